The molecule has 1 saturated carbocycles. The van der Waals surface area contributed by atoms with Crippen LogP contribution in [0.5, 0.6) is 0 Å². The number of nitro groups is 1. The average molecular weight is 320 g/mol. The van der Waals surface area contributed by atoms with Crippen LogP contribution in [0.2, 0.25) is 0 Å². The minimum absolute atomic E-state index is 0.0754. The topological polar surface area (TPSA) is 110 Å². The highest BCUT2D eigenvalue weighted by Gasteiger charge is 2.28. The summed E-state index contributed by atoms with van der Waals surface area (Å²) in [6.07, 6.45) is 9.44. The van der Waals surface area contributed by atoms with Crippen molar-refractivity contribution in [1.82, 2.24) is 15.3 Å². The van der Waals surface area contributed by atoms with Crippen molar-refractivity contribution in [2.24, 2.45) is 5.73 Å². The van der Waals surface area contributed by atoms with Gasteiger partial charge >= 0.3 is 5.69 Å². The number of hydrogen-bond acceptors (Lipinski definition) is 7. The first-order valence-electron chi connectivity index (χ1n) is 8.36. The Morgan fingerprint density at radius 1 is 1.22 bits per heavy atom. The van der Waals surface area contributed by atoms with Gasteiger partial charge in [0.1, 0.15) is 12.4 Å². The third-order valence-corrected chi connectivity index (χ3v) is 4.81. The molecule has 0 aromatic carbocycles. The van der Waals surface area contributed by atoms with Crippen LogP contribution in [0.4, 0.5) is 11.6 Å². The van der Waals surface area contributed by atoms with Crippen molar-refractivity contribution in [3.05, 3.63) is 22.5 Å². The lowest BCUT2D eigenvalue weighted by Gasteiger charge is -2.38. The van der Waals surface area contributed by atoms with Crippen LogP contribution in [0.25, 0.3) is 0 Å². The van der Waals surface area contributed by atoms with Crippen molar-refractivity contribution in [2.75, 3.05) is 18.0 Å². The van der Waals surface area contributed by atoms with Crippen molar-refractivity contribution >= 4 is 11.6 Å². The zero-order valence-electron chi connectivity index (χ0n) is 13.2. The molecular formula is C15H24N6O2. The maximum absolute atomic E-state index is 10.7. The Morgan fingerprint density at radius 2 is 1.96 bits per heavy atom. The van der Waals surface area contributed by atoms with Crippen LogP contribution in [-0.2, 0) is 0 Å². The molecule has 1 aliphatic heterocycles. The van der Waals surface area contributed by atoms with E-state index in [1.807, 2.05) is 0 Å². The summed E-state index contributed by atoms with van der Waals surface area (Å²) >= 11 is 0. The number of piperidine rings is 1. The van der Waals surface area contributed by atoms with Crippen molar-refractivity contribution in [2.45, 2.75) is 56.7 Å². The zero-order valence-corrected chi connectivity index (χ0v) is 13.2. The number of anilines is 1. The summed E-state index contributed by atoms with van der Waals surface area (Å²) in [6.45, 7) is 1.70. The maximum Gasteiger partial charge on any atom is 0.305 e. The summed E-state index contributed by atoms with van der Waals surface area (Å²) < 4.78 is 0. The molecule has 3 rings (SSSR count). The molecular weight excluding hydrogens is 296 g/mol. The Balaban J connectivity index is 1.60. The van der Waals surface area contributed by atoms with E-state index < -0.39 is 4.92 Å². The minimum atomic E-state index is -0.477. The molecule has 1 saturated heterocycles. The number of nitrogens with zero attached hydrogens (tertiary/aromatic N) is 4. The Hall–Kier alpha value is -1.80. The van der Waals surface area contributed by atoms with Crippen LogP contribution in [0.1, 0.15) is 38.5 Å². The van der Waals surface area contributed by atoms with Gasteiger partial charge < -0.3 is 16.0 Å². The molecule has 0 radical (unpaired) electrons. The minimum Gasteiger partial charge on any atom is -0.339 e. The highest BCUT2D eigenvalue weighted by Crippen LogP contribution is 2.21. The van der Waals surface area contributed by atoms with Gasteiger partial charge in [0.2, 0.25) is 5.95 Å². The third kappa shape index (κ3) is 3.94. The van der Waals surface area contributed by atoms with Gasteiger partial charge in [-0.15, -0.1) is 0 Å². The lowest BCUT2D eigenvalue weighted by molar-refractivity contribution is -0.385. The van der Waals surface area contributed by atoms with Crippen LogP contribution in [0.15, 0.2) is 12.4 Å². The SMILES string of the molecule is NC1CCCCC1N[C@H]1CCCN(c2ncc([N+](=O)[O-])cn2)C1. The lowest BCUT2D eigenvalue weighted by atomic mass is 9.90. The fourth-order valence-electron chi connectivity index (χ4n) is 3.54. The highest BCUT2D eigenvalue weighted by atomic mass is 16.6. The monoisotopic (exact) mass is 320 g/mol. The first kappa shape index (κ1) is 16.1. The fourth-order valence-corrected chi connectivity index (χ4v) is 3.54. The van der Waals surface area contributed by atoms with Crippen molar-refractivity contribution in [3.63, 3.8) is 0 Å². The number of nitrogens with two attached hydrogens (primary N) is 1. The van der Waals surface area contributed by atoms with Gasteiger partial charge in [-0.2, -0.15) is 0 Å². The van der Waals surface area contributed by atoms with E-state index in [9.17, 15) is 10.1 Å². The molecule has 2 aliphatic rings. The van der Waals surface area contributed by atoms with Crippen molar-refractivity contribution < 1.29 is 4.92 Å². The molecule has 2 heterocycles. The molecule has 3 atom stereocenters. The molecule has 8 heteroatoms. The molecule has 0 amide bonds. The fraction of sp³-hybridized carbons (Fsp3) is 0.733. The van der Waals surface area contributed by atoms with Gasteiger partial charge in [-0.05, 0) is 25.7 Å². The van der Waals surface area contributed by atoms with Crippen LogP contribution < -0.4 is 16.0 Å². The summed E-state index contributed by atoms with van der Waals surface area (Å²) in [5, 5.41) is 14.4. The van der Waals surface area contributed by atoms with E-state index in [1.54, 1.807) is 0 Å². The normalized spacial score (nSPS) is 28.6. The summed E-state index contributed by atoms with van der Waals surface area (Å²) in [6, 6.07) is 1.01. The average Bonchev–Trinajstić information content (AvgIpc) is 2.57. The van der Waals surface area contributed by atoms with Crippen molar-refractivity contribution in [3.8, 4) is 0 Å². The summed E-state index contributed by atoms with van der Waals surface area (Å²) in [4.78, 5) is 20.6. The molecule has 23 heavy (non-hydrogen) atoms. The van der Waals surface area contributed by atoms with Gasteiger partial charge in [-0.25, -0.2) is 9.97 Å². The Labute approximate surface area is 135 Å². The van der Waals surface area contributed by atoms with Crippen molar-refractivity contribution in [1.29, 1.82) is 0 Å². The third-order valence-electron chi connectivity index (χ3n) is 4.81. The largest absolute Gasteiger partial charge is 0.339 e. The molecule has 1 aromatic rings. The van der Waals surface area contributed by atoms with E-state index in [-0.39, 0.29) is 11.7 Å². The second-order valence-corrected chi connectivity index (χ2v) is 6.51. The van der Waals surface area contributed by atoms with Crippen LogP contribution in [0, 0.1) is 10.1 Å². The van der Waals surface area contributed by atoms with Gasteiger partial charge in [0.15, 0.2) is 0 Å². The van der Waals surface area contributed by atoms with E-state index in [1.165, 1.54) is 25.2 Å². The smallest absolute Gasteiger partial charge is 0.305 e. The van der Waals surface area contributed by atoms with Crippen LogP contribution >= 0.6 is 0 Å². The summed E-state index contributed by atoms with van der Waals surface area (Å²) in [5.41, 5.74) is 6.15. The van der Waals surface area contributed by atoms with E-state index >= 15 is 0 Å². The molecule has 3 N–H and O–H groups in total. The van der Waals surface area contributed by atoms with Crippen LogP contribution in [-0.4, -0.2) is 46.1 Å². The van der Waals surface area contributed by atoms with E-state index in [4.69, 9.17) is 5.73 Å². The van der Waals surface area contributed by atoms with Crippen LogP contribution in [0.3, 0.4) is 0 Å². The molecule has 8 nitrogen and oxygen atoms in total. The Kier molecular flexibility index (Phi) is 5.02. The summed E-state index contributed by atoms with van der Waals surface area (Å²) in [7, 11) is 0. The predicted molar refractivity (Wildman–Crippen MR) is 87.3 cm³/mol. The first-order valence-corrected chi connectivity index (χ1v) is 8.36. The van der Waals surface area contributed by atoms with Gasteiger partial charge in [0, 0.05) is 31.2 Å². The maximum atomic E-state index is 10.7. The van der Waals surface area contributed by atoms with Gasteiger partial charge in [0.25, 0.3) is 0 Å². The predicted octanol–water partition coefficient (Wildman–Crippen LogP) is 1.21. The standard InChI is InChI=1S/C15H24N6O2/c16-13-5-1-2-6-14(13)19-11-4-3-7-20(10-11)15-17-8-12(9-18-15)21(22)23/h8-9,11,13-14,19H,1-7,10,16H2/t11-,13?,14?/m0/s1. The summed E-state index contributed by atoms with van der Waals surface area (Å²) in [5.74, 6) is 0.565. The van der Waals surface area contributed by atoms with E-state index in [0.717, 1.165) is 38.8 Å². The van der Waals surface area contributed by atoms with E-state index in [0.29, 0.717) is 18.0 Å². The zero-order chi connectivity index (χ0) is 16.2. The number of nitrogens with one attached hydrogen (secondary N) is 1. The van der Waals surface area contributed by atoms with E-state index in [2.05, 4.69) is 20.2 Å². The molecule has 1 aromatic heterocycles. The number of aromatic nitrogens is 2. The molecule has 0 bridgehead atoms. The quantitative estimate of drug-likeness (QED) is 0.633. The second kappa shape index (κ2) is 7.18. The molecule has 2 fully saturated rings. The molecule has 126 valence electrons. The lowest BCUT2D eigenvalue weighted by Crippen LogP contribution is -2.55. The molecule has 0 spiro atoms. The second-order valence-electron chi connectivity index (χ2n) is 6.51. The number of rotatable bonds is 4. The van der Waals surface area contributed by atoms with Gasteiger partial charge in [-0.3, -0.25) is 10.1 Å². The van der Waals surface area contributed by atoms with Gasteiger partial charge in [-0.1, -0.05) is 12.8 Å². The van der Waals surface area contributed by atoms with Gasteiger partial charge in [0.05, 0.1) is 4.92 Å². The Bertz CT molecular complexity index is 537. The molecule has 2 unspecified atom stereocenters. The first-order chi connectivity index (χ1) is 11.1. The Morgan fingerprint density at radius 3 is 2.65 bits per heavy atom. The molecule has 1 aliphatic carbocycles. The highest BCUT2D eigenvalue weighted by molar-refractivity contribution is 5.34. The number of hydrogen-bond donors (Lipinski definition) is 2.